The lowest BCUT2D eigenvalue weighted by atomic mass is 10.0. The van der Waals surface area contributed by atoms with Crippen LogP contribution in [-0.4, -0.2) is 124 Å². The van der Waals surface area contributed by atoms with E-state index in [-0.39, 0.29) is 63.0 Å². The van der Waals surface area contributed by atoms with Crippen LogP contribution in [0.3, 0.4) is 0 Å². The fraction of sp³-hybridized carbons (Fsp3) is 0.485. The Morgan fingerprint density at radius 1 is 0.645 bits per heavy atom. The predicted molar refractivity (Wildman–Crippen MR) is 386 cm³/mol. The van der Waals surface area contributed by atoms with E-state index in [1.165, 1.54) is 22.0 Å². The van der Waals surface area contributed by atoms with Gasteiger partial charge in [0.25, 0.3) is 0 Å². The van der Waals surface area contributed by atoms with Crippen LogP contribution >= 0.6 is 31.6 Å². The number of aromatic nitrogens is 2. The molecule has 0 saturated heterocycles. The number of rotatable bonds is 30. The first-order chi connectivity index (χ1) is 43.4. The molecule has 27 heteroatoms. The molecule has 2 N–H and O–H groups in total. The van der Waals surface area contributed by atoms with Crippen LogP contribution in [0.2, 0.25) is 103 Å². The van der Waals surface area contributed by atoms with Gasteiger partial charge < -0.3 is 19.5 Å². The maximum absolute atomic E-state index is 13.6. The molecule has 2 aliphatic heterocycles. The quantitative estimate of drug-likeness (QED) is 0.0250. The van der Waals surface area contributed by atoms with Crippen LogP contribution in [0.25, 0.3) is 28.0 Å². The van der Waals surface area contributed by atoms with Crippen molar-refractivity contribution < 1.29 is 64.3 Å². The molecular weight excluding hydrogens is 1350 g/mol. The van der Waals surface area contributed by atoms with Gasteiger partial charge in [0.15, 0.2) is 5.78 Å². The number of amides is 3. The van der Waals surface area contributed by atoms with Crippen molar-refractivity contribution in [3.63, 3.8) is 0 Å². The number of hydrogen-bond donors (Lipinski definition) is 1. The highest BCUT2D eigenvalue weighted by molar-refractivity contribution is 9.10. The first kappa shape index (κ1) is 76.9. The summed E-state index contributed by atoms with van der Waals surface area (Å²) in [6, 6.07) is 22.0. The van der Waals surface area contributed by atoms with E-state index in [2.05, 4.69) is 111 Å². The number of phosphoric acid groups is 2. The SMILES string of the molecule is C=CC(=O)N(C)Cc1oc2ccccc2c1C.C[Si](C)(C)CCOP(=O)(OCC[Si](C)(C)C)OCN1C(=O)CCc2cc(Br)cnc21.Cc1c(CC(N)C(=O)/C=C/c2cnc3c(c2)CCC(=O)N3COP(=O)(OCC[Si](C)(C)C)OCC[Si](C)(C)C)oc2ccccc12. The Kier molecular flexibility index (Phi) is 27.9. The van der Waals surface area contributed by atoms with Gasteiger partial charge in [-0.05, 0) is 132 Å². The lowest BCUT2D eigenvalue weighted by Gasteiger charge is -2.29. The summed E-state index contributed by atoms with van der Waals surface area (Å²) in [5, 5.41) is 2.11. The molecule has 93 heavy (non-hydrogen) atoms. The first-order valence-electron chi connectivity index (χ1n) is 31.6. The number of halogens is 1. The Morgan fingerprint density at radius 3 is 1.48 bits per heavy atom. The summed E-state index contributed by atoms with van der Waals surface area (Å²) in [7, 11) is -11.6. The average molecular weight is 1450 g/mol. The Labute approximate surface area is 562 Å². The van der Waals surface area contributed by atoms with Crippen LogP contribution < -0.4 is 15.5 Å². The molecule has 0 spiro atoms. The minimum atomic E-state index is -3.92. The van der Waals surface area contributed by atoms with Gasteiger partial charge in [0.1, 0.15) is 47.8 Å². The van der Waals surface area contributed by atoms with Gasteiger partial charge in [-0.25, -0.2) is 19.1 Å². The number of carbonyl (C=O) groups is 4. The lowest BCUT2D eigenvalue weighted by molar-refractivity contribution is -0.125. The van der Waals surface area contributed by atoms with Gasteiger partial charge in [0, 0.05) is 91.8 Å². The van der Waals surface area contributed by atoms with Crippen molar-refractivity contribution in [1.29, 1.82) is 0 Å². The number of para-hydroxylation sites is 2. The van der Waals surface area contributed by atoms with Gasteiger partial charge in [0.05, 0.1) is 39.0 Å². The van der Waals surface area contributed by atoms with Crippen molar-refractivity contribution in [2.75, 3.05) is 56.7 Å². The smallest absolute Gasteiger partial charge is 0.461 e. The number of nitrogens with two attached hydrogens (primary N) is 1. The summed E-state index contributed by atoms with van der Waals surface area (Å²) in [5.41, 5.74) is 12.4. The number of fused-ring (bicyclic) bond motifs is 4. The molecule has 0 fully saturated rings. The minimum Gasteiger partial charge on any atom is -0.461 e. The van der Waals surface area contributed by atoms with E-state index in [1.54, 1.807) is 30.4 Å². The zero-order valence-electron chi connectivity index (χ0n) is 57.1. The van der Waals surface area contributed by atoms with Crippen LogP contribution in [0.5, 0.6) is 0 Å². The largest absolute Gasteiger partial charge is 0.476 e. The van der Waals surface area contributed by atoms with Crippen LogP contribution in [0.1, 0.15) is 52.2 Å². The molecule has 4 aromatic heterocycles. The number of carbonyl (C=O) groups excluding carboxylic acids is 4. The molecule has 2 aromatic carbocycles. The van der Waals surface area contributed by atoms with Crippen LogP contribution in [0.4, 0.5) is 11.6 Å². The highest BCUT2D eigenvalue weighted by Crippen LogP contribution is 2.52. The number of pyridine rings is 2. The van der Waals surface area contributed by atoms with E-state index in [9.17, 15) is 28.3 Å². The predicted octanol–water partition coefficient (Wildman–Crippen LogP) is 16.2. The zero-order chi connectivity index (χ0) is 68.7. The monoisotopic (exact) mass is 1450 g/mol. The molecule has 20 nitrogen and oxygen atoms in total. The molecule has 8 rings (SSSR count). The normalized spacial score (nSPS) is 14.4. The fourth-order valence-corrected chi connectivity index (χ4v) is 15.5. The number of hydrogen-bond acceptors (Lipinski definition) is 17. The third kappa shape index (κ3) is 24.5. The van der Waals surface area contributed by atoms with Gasteiger partial charge in [0.2, 0.25) is 17.7 Å². The summed E-state index contributed by atoms with van der Waals surface area (Å²) in [4.78, 5) is 63.0. The Balaban J connectivity index is 0.000000248. The number of anilines is 2. The van der Waals surface area contributed by atoms with Crippen molar-refractivity contribution in [3.8, 4) is 0 Å². The average Bonchev–Trinajstić information content (AvgIpc) is 2.15. The van der Waals surface area contributed by atoms with Crippen LogP contribution in [-0.2, 0) is 81.3 Å². The number of phosphoric ester groups is 2. The highest BCUT2D eigenvalue weighted by atomic mass is 79.9. The number of likely N-dealkylation sites (N-methyl/N-ethyl adjacent to an activating group) is 1. The molecule has 1 unspecified atom stereocenters. The Morgan fingerprint density at radius 2 is 1.05 bits per heavy atom. The van der Waals surface area contributed by atoms with Crippen LogP contribution in [0, 0.1) is 13.8 Å². The van der Waals surface area contributed by atoms with Gasteiger partial charge in [-0.15, -0.1) is 0 Å². The van der Waals surface area contributed by atoms with Crippen molar-refractivity contribution >= 4 is 127 Å². The zero-order valence-corrected chi connectivity index (χ0v) is 64.4. The molecule has 1 atom stereocenters. The Hall–Kier alpha value is -5.09. The Bertz CT molecular complexity index is 3660. The second-order valence-corrected chi connectivity index (χ2v) is 55.0. The van der Waals surface area contributed by atoms with E-state index >= 15 is 0 Å². The fourth-order valence-electron chi connectivity index (χ4n) is 9.38. The number of ketones is 1. The summed E-state index contributed by atoms with van der Waals surface area (Å²) in [6.45, 7) is 35.1. The molecule has 0 saturated carbocycles. The number of furan rings is 2. The van der Waals surface area contributed by atoms with Crippen molar-refractivity contribution in [2.24, 2.45) is 5.73 Å². The molecule has 3 amide bonds. The van der Waals surface area contributed by atoms with Crippen molar-refractivity contribution in [2.45, 2.75) is 161 Å². The third-order valence-electron chi connectivity index (χ3n) is 15.3. The maximum Gasteiger partial charge on any atom is 0.476 e. The summed E-state index contributed by atoms with van der Waals surface area (Å²) in [6.07, 6.45) is 9.63. The second kappa shape index (κ2) is 33.7. The third-order valence-corrected chi connectivity index (χ3v) is 25.4. The first-order valence-corrected chi connectivity index (χ1v) is 50.1. The van der Waals surface area contributed by atoms with Gasteiger partial charge in [-0.1, -0.05) is 122 Å². The molecule has 0 radical (unpaired) electrons. The summed E-state index contributed by atoms with van der Waals surface area (Å²) < 4.78 is 73.6. The molecular formula is C66H97BrN6O14P2Si4. The number of aryl methyl sites for hydroxylation is 4. The molecule has 0 bridgehead atoms. The molecule has 6 aromatic rings. The van der Waals surface area contributed by atoms with Crippen molar-refractivity contribution in [1.82, 2.24) is 14.9 Å². The molecule has 508 valence electrons. The highest BCUT2D eigenvalue weighted by Gasteiger charge is 2.36. The van der Waals surface area contributed by atoms with Gasteiger partial charge >= 0.3 is 15.6 Å². The number of benzene rings is 2. The molecule has 0 aliphatic carbocycles. The molecule has 2 aliphatic rings. The molecule has 6 heterocycles. The van der Waals surface area contributed by atoms with Crippen LogP contribution in [0.15, 0.2) is 105 Å². The van der Waals surface area contributed by atoms with Gasteiger partial charge in [-0.3, -0.25) is 56.1 Å². The topological polar surface area (TPSA) is 246 Å². The summed E-state index contributed by atoms with van der Waals surface area (Å²) >= 11 is 3.41. The van der Waals surface area contributed by atoms with E-state index in [1.807, 2.05) is 74.5 Å². The van der Waals surface area contributed by atoms with E-state index < -0.39 is 54.0 Å². The maximum atomic E-state index is 13.6. The summed E-state index contributed by atoms with van der Waals surface area (Å²) in [5.74, 6) is 1.83. The lowest BCUT2D eigenvalue weighted by Crippen LogP contribution is -2.37. The van der Waals surface area contributed by atoms with E-state index in [0.29, 0.717) is 62.0 Å². The standard InChI is InChI=1S/C33H48N3O7PSi2.C19H34BrN2O5PSi2.C14H15NO2/c1-24-27-10-8-9-11-30(27)43-31(24)21-28(34)29(37)14-12-25-20-26-13-15-32(38)36(33(26)35-22-25)23-42-44(39,40-16-18-45(2,3)4)41-17-19-46(5,6)7;1-29(2,3)11-9-25-28(24,26-10-12-30(4,5)6)27-15-22-18(23)8-7-16-13-17(20)14-21-19(16)22;1-4-14(16)15(3)9-13-10(2)11-7-5-6-8-12(11)17-13/h8-12,14,20,22,28H,13,15-19,21,23,34H2,1-7H3;13-14H,7-12,15H2,1-6H3;4-8H,1,9H2,2-3H3/b14-12+;;. The van der Waals surface area contributed by atoms with E-state index in [0.717, 1.165) is 78.6 Å². The second-order valence-electron chi connectivity index (χ2n) is 28.3. The number of nitrogens with zero attached hydrogens (tertiary/aromatic N) is 5. The minimum absolute atomic E-state index is 0.107. The van der Waals surface area contributed by atoms with Crippen molar-refractivity contribution in [3.05, 3.63) is 136 Å². The van der Waals surface area contributed by atoms with E-state index in [4.69, 9.17) is 41.7 Å². The van der Waals surface area contributed by atoms with Gasteiger partial charge in [-0.2, -0.15) is 0 Å².